The minimum atomic E-state index is -0.696. The number of hydrogen-bond acceptors (Lipinski definition) is 3. The summed E-state index contributed by atoms with van der Waals surface area (Å²) in [6.45, 7) is 4.83. The molecule has 0 amide bonds. The van der Waals surface area contributed by atoms with Crippen LogP contribution in [0.2, 0.25) is 0 Å². The lowest BCUT2D eigenvalue weighted by atomic mass is 10.1. The standard InChI is InChI=1S/C17H21NO2/c1-17(2,19)13-18-12-14-7-6-10-16(11-14)20-15-8-4-3-5-9-15/h3-11,18-19H,12-13H2,1-2H3. The zero-order chi connectivity index (χ0) is 14.4. The number of nitrogens with one attached hydrogen (secondary N) is 1. The van der Waals surface area contributed by atoms with Crippen LogP contribution >= 0.6 is 0 Å². The average Bonchev–Trinajstić information content (AvgIpc) is 2.39. The summed E-state index contributed by atoms with van der Waals surface area (Å²) in [5, 5.41) is 12.9. The number of para-hydroxylation sites is 1. The molecule has 0 bridgehead atoms. The molecular weight excluding hydrogens is 250 g/mol. The monoisotopic (exact) mass is 271 g/mol. The highest BCUT2D eigenvalue weighted by molar-refractivity contribution is 5.33. The normalized spacial score (nSPS) is 11.3. The molecule has 0 heterocycles. The Kier molecular flexibility index (Phi) is 4.77. The van der Waals surface area contributed by atoms with Crippen molar-refractivity contribution in [3.63, 3.8) is 0 Å². The van der Waals surface area contributed by atoms with Crippen LogP contribution in [0.25, 0.3) is 0 Å². The van der Waals surface area contributed by atoms with Crippen LogP contribution in [0.5, 0.6) is 11.5 Å². The molecule has 0 atom stereocenters. The van der Waals surface area contributed by atoms with Crippen molar-refractivity contribution in [1.29, 1.82) is 0 Å². The van der Waals surface area contributed by atoms with Gasteiger partial charge in [-0.05, 0) is 43.7 Å². The number of ether oxygens (including phenoxy) is 1. The molecule has 106 valence electrons. The number of rotatable bonds is 6. The second kappa shape index (κ2) is 6.55. The summed E-state index contributed by atoms with van der Waals surface area (Å²) in [6, 6.07) is 17.7. The molecule has 0 aromatic heterocycles. The van der Waals surface area contributed by atoms with Crippen LogP contribution in [0.4, 0.5) is 0 Å². The van der Waals surface area contributed by atoms with Crippen LogP contribution in [0.3, 0.4) is 0 Å². The van der Waals surface area contributed by atoms with Gasteiger partial charge in [-0.15, -0.1) is 0 Å². The minimum Gasteiger partial charge on any atom is -0.457 e. The SMILES string of the molecule is CC(C)(O)CNCc1cccc(Oc2ccccc2)c1. The Morgan fingerprint density at radius 3 is 2.40 bits per heavy atom. The van der Waals surface area contributed by atoms with Crippen molar-refractivity contribution in [2.24, 2.45) is 0 Å². The Morgan fingerprint density at radius 2 is 1.70 bits per heavy atom. The number of benzene rings is 2. The van der Waals surface area contributed by atoms with E-state index in [0.29, 0.717) is 13.1 Å². The van der Waals surface area contributed by atoms with Gasteiger partial charge >= 0.3 is 0 Å². The maximum atomic E-state index is 9.66. The van der Waals surface area contributed by atoms with Crippen LogP contribution in [-0.2, 0) is 6.54 Å². The molecule has 0 aliphatic heterocycles. The van der Waals surface area contributed by atoms with E-state index in [4.69, 9.17) is 4.74 Å². The van der Waals surface area contributed by atoms with E-state index in [1.54, 1.807) is 13.8 Å². The lowest BCUT2D eigenvalue weighted by molar-refractivity contribution is 0.0795. The van der Waals surface area contributed by atoms with Gasteiger partial charge in [-0.25, -0.2) is 0 Å². The fraction of sp³-hybridized carbons (Fsp3) is 0.294. The molecule has 0 spiro atoms. The fourth-order valence-corrected chi connectivity index (χ4v) is 1.86. The summed E-state index contributed by atoms with van der Waals surface area (Å²) >= 11 is 0. The first kappa shape index (κ1) is 14.6. The number of aliphatic hydroxyl groups is 1. The van der Waals surface area contributed by atoms with Crippen molar-refractivity contribution in [1.82, 2.24) is 5.32 Å². The molecule has 2 aromatic carbocycles. The number of hydrogen-bond donors (Lipinski definition) is 2. The van der Waals surface area contributed by atoms with Crippen LogP contribution in [0, 0.1) is 0 Å². The van der Waals surface area contributed by atoms with Gasteiger partial charge in [0.25, 0.3) is 0 Å². The van der Waals surface area contributed by atoms with Gasteiger partial charge in [0.05, 0.1) is 5.60 Å². The smallest absolute Gasteiger partial charge is 0.127 e. The van der Waals surface area contributed by atoms with E-state index < -0.39 is 5.60 Å². The highest BCUT2D eigenvalue weighted by Crippen LogP contribution is 2.21. The highest BCUT2D eigenvalue weighted by Gasteiger charge is 2.11. The molecular formula is C17H21NO2. The summed E-state index contributed by atoms with van der Waals surface area (Å²) in [5.41, 5.74) is 0.431. The van der Waals surface area contributed by atoms with Crippen LogP contribution in [-0.4, -0.2) is 17.3 Å². The van der Waals surface area contributed by atoms with Gasteiger partial charge in [0.15, 0.2) is 0 Å². The van der Waals surface area contributed by atoms with E-state index in [-0.39, 0.29) is 0 Å². The Labute approximate surface area is 120 Å². The van der Waals surface area contributed by atoms with Gasteiger partial charge in [-0.3, -0.25) is 0 Å². The summed E-state index contributed by atoms with van der Waals surface area (Å²) in [6.07, 6.45) is 0. The summed E-state index contributed by atoms with van der Waals surface area (Å²) in [4.78, 5) is 0. The van der Waals surface area contributed by atoms with Gasteiger partial charge in [0.1, 0.15) is 11.5 Å². The second-order valence-corrected chi connectivity index (χ2v) is 5.48. The van der Waals surface area contributed by atoms with E-state index in [9.17, 15) is 5.11 Å². The van der Waals surface area contributed by atoms with Gasteiger partial charge in [0, 0.05) is 13.1 Å². The lowest BCUT2D eigenvalue weighted by Gasteiger charge is -2.17. The lowest BCUT2D eigenvalue weighted by Crippen LogP contribution is -2.34. The molecule has 2 aromatic rings. The molecule has 0 fully saturated rings. The third kappa shape index (κ3) is 5.03. The predicted octanol–water partition coefficient (Wildman–Crippen LogP) is 3.34. The van der Waals surface area contributed by atoms with Crippen LogP contribution in [0.1, 0.15) is 19.4 Å². The second-order valence-electron chi connectivity index (χ2n) is 5.48. The Balaban J connectivity index is 1.94. The molecule has 0 saturated carbocycles. The topological polar surface area (TPSA) is 41.5 Å². The molecule has 0 aliphatic carbocycles. The highest BCUT2D eigenvalue weighted by atomic mass is 16.5. The molecule has 0 aliphatic rings. The fourth-order valence-electron chi connectivity index (χ4n) is 1.86. The van der Waals surface area contributed by atoms with E-state index >= 15 is 0 Å². The van der Waals surface area contributed by atoms with Crippen molar-refractivity contribution in [2.75, 3.05) is 6.54 Å². The Morgan fingerprint density at radius 1 is 1.00 bits per heavy atom. The predicted molar refractivity (Wildman–Crippen MR) is 81.0 cm³/mol. The molecule has 0 radical (unpaired) electrons. The zero-order valence-corrected chi connectivity index (χ0v) is 12.0. The molecule has 20 heavy (non-hydrogen) atoms. The molecule has 3 nitrogen and oxygen atoms in total. The van der Waals surface area contributed by atoms with Crippen LogP contribution < -0.4 is 10.1 Å². The molecule has 2 rings (SSSR count). The van der Waals surface area contributed by atoms with E-state index in [2.05, 4.69) is 5.32 Å². The molecule has 3 heteroatoms. The average molecular weight is 271 g/mol. The Hall–Kier alpha value is -1.84. The molecule has 2 N–H and O–H groups in total. The van der Waals surface area contributed by atoms with Crippen molar-refractivity contribution >= 4 is 0 Å². The van der Waals surface area contributed by atoms with Crippen molar-refractivity contribution in [3.8, 4) is 11.5 Å². The van der Waals surface area contributed by atoms with Crippen molar-refractivity contribution in [3.05, 3.63) is 60.2 Å². The largest absolute Gasteiger partial charge is 0.457 e. The first-order valence-electron chi connectivity index (χ1n) is 6.78. The maximum Gasteiger partial charge on any atom is 0.127 e. The van der Waals surface area contributed by atoms with Gasteiger partial charge in [0.2, 0.25) is 0 Å². The zero-order valence-electron chi connectivity index (χ0n) is 12.0. The maximum absolute atomic E-state index is 9.66. The van der Waals surface area contributed by atoms with E-state index in [0.717, 1.165) is 17.1 Å². The quantitative estimate of drug-likeness (QED) is 0.846. The summed E-state index contributed by atoms with van der Waals surface area (Å²) in [5.74, 6) is 1.65. The minimum absolute atomic E-state index is 0.552. The van der Waals surface area contributed by atoms with Crippen molar-refractivity contribution in [2.45, 2.75) is 26.0 Å². The van der Waals surface area contributed by atoms with E-state index in [1.165, 1.54) is 0 Å². The Bertz CT molecular complexity index is 532. The first-order chi connectivity index (χ1) is 9.53. The first-order valence-corrected chi connectivity index (χ1v) is 6.78. The van der Waals surface area contributed by atoms with Crippen LogP contribution in [0.15, 0.2) is 54.6 Å². The van der Waals surface area contributed by atoms with Gasteiger partial charge in [-0.2, -0.15) is 0 Å². The summed E-state index contributed by atoms with van der Waals surface area (Å²) < 4.78 is 5.79. The van der Waals surface area contributed by atoms with Gasteiger partial charge < -0.3 is 15.2 Å². The summed E-state index contributed by atoms with van der Waals surface area (Å²) in [7, 11) is 0. The molecule has 0 saturated heterocycles. The van der Waals surface area contributed by atoms with Crippen molar-refractivity contribution < 1.29 is 9.84 Å². The van der Waals surface area contributed by atoms with Gasteiger partial charge in [-0.1, -0.05) is 30.3 Å². The third-order valence-corrected chi connectivity index (χ3v) is 2.76. The molecule has 0 unspecified atom stereocenters. The van der Waals surface area contributed by atoms with E-state index in [1.807, 2.05) is 54.6 Å². The third-order valence-electron chi connectivity index (χ3n) is 2.76.